The van der Waals surface area contributed by atoms with E-state index >= 15 is 0 Å². The third-order valence-electron chi connectivity index (χ3n) is 2.83. The van der Waals surface area contributed by atoms with E-state index in [4.69, 9.17) is 22.1 Å². The first kappa shape index (κ1) is 11.8. The molecule has 1 aromatic heterocycles. The van der Waals surface area contributed by atoms with Crippen LogP contribution in [-0.2, 0) is 7.05 Å². The van der Waals surface area contributed by atoms with Gasteiger partial charge in [-0.05, 0) is 30.2 Å². The number of aryl methyl sites for hydroxylation is 1. The van der Waals surface area contributed by atoms with Crippen molar-refractivity contribution in [2.45, 2.75) is 6.92 Å². The number of aromatic nitrogens is 2. The maximum Gasteiger partial charge on any atom is 0.129 e. The molecule has 0 atom stereocenters. The molecule has 0 radical (unpaired) electrons. The van der Waals surface area contributed by atoms with Gasteiger partial charge in [-0.1, -0.05) is 11.6 Å². The van der Waals surface area contributed by atoms with Crippen LogP contribution in [-0.4, -0.2) is 16.9 Å². The van der Waals surface area contributed by atoms with Gasteiger partial charge < -0.3 is 10.5 Å². The average Bonchev–Trinajstić information content (AvgIpc) is 2.64. The molecule has 0 aliphatic carbocycles. The molecule has 0 aliphatic heterocycles. The lowest BCUT2D eigenvalue weighted by Crippen LogP contribution is -1.98. The third kappa shape index (κ3) is 1.96. The van der Waals surface area contributed by atoms with Crippen LogP contribution in [0.3, 0.4) is 0 Å². The number of nitrogens with two attached hydrogens (primary N) is 1. The van der Waals surface area contributed by atoms with Crippen molar-refractivity contribution >= 4 is 17.4 Å². The molecule has 0 saturated heterocycles. The highest BCUT2D eigenvalue weighted by molar-refractivity contribution is 6.32. The summed E-state index contributed by atoms with van der Waals surface area (Å²) in [7, 11) is 3.41. The van der Waals surface area contributed by atoms with Gasteiger partial charge in [-0.3, -0.25) is 4.68 Å². The number of hydrogen-bond donors (Lipinski definition) is 1. The quantitative estimate of drug-likeness (QED) is 0.893. The van der Waals surface area contributed by atoms with Crippen LogP contribution < -0.4 is 10.5 Å². The second-order valence-electron chi connectivity index (χ2n) is 3.85. The normalized spacial score (nSPS) is 10.6. The minimum absolute atomic E-state index is 0.609. The summed E-state index contributed by atoms with van der Waals surface area (Å²) in [5.41, 5.74) is 8.74. The Morgan fingerprint density at radius 2 is 2.06 bits per heavy atom. The molecule has 1 heterocycles. The lowest BCUT2D eigenvalue weighted by Gasteiger charge is -2.10. The molecule has 0 spiro atoms. The highest BCUT2D eigenvalue weighted by atomic mass is 35.5. The average molecular weight is 252 g/mol. The predicted octanol–water partition coefficient (Wildman–Crippen LogP) is 2.64. The minimum Gasteiger partial charge on any atom is -0.497 e. The summed E-state index contributed by atoms with van der Waals surface area (Å²) < 4.78 is 6.83. The molecular formula is C12H14ClN3O. The maximum atomic E-state index is 6.16. The molecule has 2 aromatic rings. The first-order valence-corrected chi connectivity index (χ1v) is 5.54. The fourth-order valence-electron chi connectivity index (χ4n) is 1.71. The molecule has 4 nitrogen and oxygen atoms in total. The van der Waals surface area contributed by atoms with Crippen LogP contribution in [0.5, 0.6) is 5.75 Å². The lowest BCUT2D eigenvalue weighted by molar-refractivity contribution is 0.415. The number of hydrogen-bond acceptors (Lipinski definition) is 3. The van der Waals surface area contributed by atoms with E-state index in [9.17, 15) is 0 Å². The van der Waals surface area contributed by atoms with Crippen LogP contribution in [0.4, 0.5) is 5.82 Å². The summed E-state index contributed by atoms with van der Waals surface area (Å²) >= 11 is 6.16. The van der Waals surface area contributed by atoms with Gasteiger partial charge in [-0.25, -0.2) is 0 Å². The van der Waals surface area contributed by atoms with Crippen LogP contribution in [0.2, 0.25) is 5.02 Å². The molecule has 0 unspecified atom stereocenters. The smallest absolute Gasteiger partial charge is 0.129 e. The zero-order valence-electron chi connectivity index (χ0n) is 9.99. The van der Waals surface area contributed by atoms with E-state index in [1.54, 1.807) is 31.1 Å². The van der Waals surface area contributed by atoms with E-state index in [1.165, 1.54) is 0 Å². The molecule has 1 aromatic carbocycles. The maximum absolute atomic E-state index is 6.16. The Kier molecular flexibility index (Phi) is 2.98. The Morgan fingerprint density at radius 3 is 2.59 bits per heavy atom. The van der Waals surface area contributed by atoms with Gasteiger partial charge in [-0.2, -0.15) is 5.10 Å². The number of methoxy groups -OCH3 is 1. The summed E-state index contributed by atoms with van der Waals surface area (Å²) in [5, 5.41) is 4.78. The van der Waals surface area contributed by atoms with Crippen LogP contribution in [0.1, 0.15) is 5.56 Å². The molecule has 0 fully saturated rings. The third-order valence-corrected chi connectivity index (χ3v) is 3.22. The highest BCUT2D eigenvalue weighted by Crippen LogP contribution is 2.35. The van der Waals surface area contributed by atoms with Crippen LogP contribution in [0.15, 0.2) is 18.3 Å². The van der Waals surface area contributed by atoms with Crippen molar-refractivity contribution in [1.29, 1.82) is 0 Å². The second-order valence-corrected chi connectivity index (χ2v) is 4.26. The van der Waals surface area contributed by atoms with Crippen molar-refractivity contribution in [3.8, 4) is 16.9 Å². The summed E-state index contributed by atoms with van der Waals surface area (Å²) in [5.74, 6) is 1.32. The van der Waals surface area contributed by atoms with Gasteiger partial charge in [0.05, 0.1) is 13.3 Å². The summed E-state index contributed by atoms with van der Waals surface area (Å²) in [4.78, 5) is 0. The van der Waals surface area contributed by atoms with Crippen LogP contribution in [0, 0.1) is 6.92 Å². The lowest BCUT2D eigenvalue weighted by atomic mass is 10.0. The standard InChI is InChI=1S/C12H14ClN3O/c1-7-9(4-8(17-3)5-11(7)13)10-6-15-16(2)12(10)14/h4-6H,14H2,1-3H3. The Balaban J connectivity index is 2.66. The minimum atomic E-state index is 0.609. The Hall–Kier alpha value is -1.68. The van der Waals surface area contributed by atoms with E-state index in [1.807, 2.05) is 13.0 Å². The van der Waals surface area contributed by atoms with E-state index in [2.05, 4.69) is 5.10 Å². The number of ether oxygens (including phenoxy) is 1. The van der Waals surface area contributed by atoms with Gasteiger partial charge in [0.25, 0.3) is 0 Å². The van der Waals surface area contributed by atoms with Crippen molar-refractivity contribution in [3.63, 3.8) is 0 Å². The van der Waals surface area contributed by atoms with Crippen molar-refractivity contribution in [2.75, 3.05) is 12.8 Å². The van der Waals surface area contributed by atoms with E-state index in [0.29, 0.717) is 16.6 Å². The molecule has 0 bridgehead atoms. The molecule has 2 N–H and O–H groups in total. The number of rotatable bonds is 2. The highest BCUT2D eigenvalue weighted by Gasteiger charge is 2.13. The summed E-state index contributed by atoms with van der Waals surface area (Å²) in [6.07, 6.45) is 1.73. The molecule has 0 aliphatic rings. The van der Waals surface area contributed by atoms with Gasteiger partial charge in [0.1, 0.15) is 11.6 Å². The van der Waals surface area contributed by atoms with Crippen molar-refractivity contribution in [2.24, 2.45) is 7.05 Å². The van der Waals surface area contributed by atoms with Crippen LogP contribution in [0.25, 0.3) is 11.1 Å². The van der Waals surface area contributed by atoms with Crippen molar-refractivity contribution in [3.05, 3.63) is 28.9 Å². The fraction of sp³-hybridized carbons (Fsp3) is 0.250. The topological polar surface area (TPSA) is 53.1 Å². The van der Waals surface area contributed by atoms with Gasteiger partial charge in [0.15, 0.2) is 0 Å². The van der Waals surface area contributed by atoms with Gasteiger partial charge >= 0.3 is 0 Å². The molecule has 17 heavy (non-hydrogen) atoms. The van der Waals surface area contributed by atoms with Gasteiger partial charge in [-0.15, -0.1) is 0 Å². The predicted molar refractivity (Wildman–Crippen MR) is 69.4 cm³/mol. The largest absolute Gasteiger partial charge is 0.497 e. The summed E-state index contributed by atoms with van der Waals surface area (Å²) in [6, 6.07) is 3.70. The first-order valence-electron chi connectivity index (χ1n) is 5.16. The monoisotopic (exact) mass is 251 g/mol. The van der Waals surface area contributed by atoms with E-state index in [0.717, 1.165) is 16.7 Å². The SMILES string of the molecule is COc1cc(Cl)c(C)c(-c2cnn(C)c2N)c1. The number of benzene rings is 1. The molecular weight excluding hydrogens is 238 g/mol. The van der Waals surface area contributed by atoms with E-state index in [-0.39, 0.29) is 0 Å². The number of halogens is 1. The van der Waals surface area contributed by atoms with Crippen molar-refractivity contribution in [1.82, 2.24) is 9.78 Å². The Bertz CT molecular complexity index is 563. The Morgan fingerprint density at radius 1 is 1.35 bits per heavy atom. The second kappa shape index (κ2) is 4.30. The van der Waals surface area contributed by atoms with Gasteiger partial charge in [0, 0.05) is 17.6 Å². The molecule has 0 amide bonds. The molecule has 0 saturated carbocycles. The fourth-order valence-corrected chi connectivity index (χ4v) is 1.92. The van der Waals surface area contributed by atoms with Gasteiger partial charge in [0.2, 0.25) is 0 Å². The zero-order valence-corrected chi connectivity index (χ0v) is 10.7. The Labute approximate surface area is 105 Å². The first-order chi connectivity index (χ1) is 8.04. The summed E-state index contributed by atoms with van der Waals surface area (Å²) in [6.45, 7) is 1.95. The number of anilines is 1. The molecule has 90 valence electrons. The van der Waals surface area contributed by atoms with E-state index < -0.39 is 0 Å². The van der Waals surface area contributed by atoms with Crippen LogP contribution >= 0.6 is 11.6 Å². The zero-order chi connectivity index (χ0) is 12.6. The number of nitrogen functional groups attached to an aromatic ring is 1. The number of nitrogens with zero attached hydrogens (tertiary/aromatic N) is 2. The molecule has 5 heteroatoms. The molecule has 2 rings (SSSR count). The van der Waals surface area contributed by atoms with Crippen molar-refractivity contribution < 1.29 is 4.74 Å².